The van der Waals surface area contributed by atoms with Crippen molar-refractivity contribution >= 4 is 17.0 Å². The lowest BCUT2D eigenvalue weighted by Crippen LogP contribution is -1.90. The van der Waals surface area contributed by atoms with Crippen LogP contribution in [0.2, 0.25) is 0 Å². The van der Waals surface area contributed by atoms with Crippen molar-refractivity contribution in [2.24, 2.45) is 0 Å². The van der Waals surface area contributed by atoms with Gasteiger partial charge in [0, 0.05) is 21.7 Å². The zero-order valence-electron chi connectivity index (χ0n) is 13.4. The van der Waals surface area contributed by atoms with Crippen LogP contribution in [0.15, 0.2) is 36.4 Å². The normalized spacial score (nSPS) is 10.9. The molecule has 112 valence electrons. The first-order valence-corrected chi connectivity index (χ1v) is 8.19. The molecule has 0 atom stereocenters. The van der Waals surface area contributed by atoms with Crippen LogP contribution in [0.4, 0.5) is 5.69 Å². The highest BCUT2D eigenvalue weighted by Crippen LogP contribution is 2.35. The smallest absolute Gasteiger partial charge is 0.124 e. The number of hydrogen-bond acceptors (Lipinski definition) is 3. The van der Waals surface area contributed by atoms with Crippen molar-refractivity contribution in [3.05, 3.63) is 58.0 Å². The van der Waals surface area contributed by atoms with E-state index in [1.165, 1.54) is 27.1 Å². The largest absolute Gasteiger partial charge is 0.399 e. The minimum Gasteiger partial charge on any atom is -0.399 e. The average molecular weight is 308 g/mol. The van der Waals surface area contributed by atoms with Crippen molar-refractivity contribution in [1.82, 2.24) is 4.98 Å². The minimum absolute atomic E-state index is 0.772. The Bertz CT molecular complexity index is 847. The maximum Gasteiger partial charge on any atom is 0.124 e. The molecule has 0 aliphatic heterocycles. The van der Waals surface area contributed by atoms with Crippen LogP contribution in [0.5, 0.6) is 0 Å². The quantitative estimate of drug-likeness (QED) is 0.653. The molecule has 0 radical (unpaired) electrons. The molecule has 2 aromatic carbocycles. The first-order chi connectivity index (χ1) is 10.5. The lowest BCUT2D eigenvalue weighted by molar-refractivity contribution is 1.27. The van der Waals surface area contributed by atoms with E-state index in [9.17, 15) is 0 Å². The number of benzene rings is 2. The fourth-order valence-electron chi connectivity index (χ4n) is 2.66. The lowest BCUT2D eigenvalue weighted by Gasteiger charge is -2.08. The molecule has 0 fully saturated rings. The summed E-state index contributed by atoms with van der Waals surface area (Å²) in [6.07, 6.45) is 0. The molecule has 3 heteroatoms. The van der Waals surface area contributed by atoms with Gasteiger partial charge < -0.3 is 5.73 Å². The number of nitrogens with zero attached hydrogens (tertiary/aromatic N) is 1. The van der Waals surface area contributed by atoms with Crippen molar-refractivity contribution < 1.29 is 0 Å². The SMILES string of the molecule is Cc1cc(C)c(-c2nc(-c3cccc(N)c3)sc2C)cc1C. The Morgan fingerprint density at radius 1 is 0.909 bits per heavy atom. The third kappa shape index (κ3) is 2.64. The molecule has 2 nitrogen and oxygen atoms in total. The summed E-state index contributed by atoms with van der Waals surface area (Å²) in [5, 5.41) is 1.03. The Morgan fingerprint density at radius 3 is 2.36 bits per heavy atom. The van der Waals surface area contributed by atoms with Gasteiger partial charge in [-0.25, -0.2) is 4.98 Å². The number of thiazole rings is 1. The summed E-state index contributed by atoms with van der Waals surface area (Å²) < 4.78 is 0. The second-order valence-electron chi connectivity index (χ2n) is 5.80. The fourth-order valence-corrected chi connectivity index (χ4v) is 3.58. The summed E-state index contributed by atoms with van der Waals surface area (Å²) in [4.78, 5) is 6.13. The van der Waals surface area contributed by atoms with Crippen LogP contribution in [0, 0.1) is 27.7 Å². The molecule has 22 heavy (non-hydrogen) atoms. The first kappa shape index (κ1) is 14.8. The van der Waals surface area contributed by atoms with Crippen LogP contribution in [-0.4, -0.2) is 4.98 Å². The van der Waals surface area contributed by atoms with Crippen LogP contribution in [0.25, 0.3) is 21.8 Å². The Hall–Kier alpha value is -2.13. The third-order valence-electron chi connectivity index (χ3n) is 4.03. The highest BCUT2D eigenvalue weighted by atomic mass is 32.1. The van der Waals surface area contributed by atoms with Crippen LogP contribution in [-0.2, 0) is 0 Å². The van der Waals surface area contributed by atoms with Crippen molar-refractivity contribution in [1.29, 1.82) is 0 Å². The first-order valence-electron chi connectivity index (χ1n) is 7.37. The molecule has 1 aromatic heterocycles. The van der Waals surface area contributed by atoms with E-state index >= 15 is 0 Å². The maximum absolute atomic E-state index is 5.89. The topological polar surface area (TPSA) is 38.9 Å². The second kappa shape index (κ2) is 5.58. The van der Waals surface area contributed by atoms with Crippen molar-refractivity contribution in [2.75, 3.05) is 5.73 Å². The molecule has 0 spiro atoms. The third-order valence-corrected chi connectivity index (χ3v) is 5.05. The van der Waals surface area contributed by atoms with Crippen LogP contribution >= 0.6 is 11.3 Å². The van der Waals surface area contributed by atoms with Gasteiger partial charge in [-0.15, -0.1) is 11.3 Å². The summed E-state index contributed by atoms with van der Waals surface area (Å²) in [5.41, 5.74) is 14.0. The highest BCUT2D eigenvalue weighted by Gasteiger charge is 2.14. The fraction of sp³-hybridized carbons (Fsp3) is 0.211. The van der Waals surface area contributed by atoms with E-state index < -0.39 is 0 Å². The molecule has 2 N–H and O–H groups in total. The summed E-state index contributed by atoms with van der Waals surface area (Å²) in [6.45, 7) is 8.59. The van der Waals surface area contributed by atoms with Gasteiger partial charge in [-0.05, 0) is 62.6 Å². The van der Waals surface area contributed by atoms with Crippen LogP contribution in [0.3, 0.4) is 0 Å². The number of anilines is 1. The lowest BCUT2D eigenvalue weighted by atomic mass is 9.98. The Kier molecular flexibility index (Phi) is 3.75. The Morgan fingerprint density at radius 2 is 1.64 bits per heavy atom. The predicted octanol–water partition coefficient (Wildman–Crippen LogP) is 5.29. The number of aromatic nitrogens is 1. The predicted molar refractivity (Wildman–Crippen MR) is 96.3 cm³/mol. The number of nitrogens with two attached hydrogens (primary N) is 1. The molecule has 3 aromatic rings. The number of rotatable bonds is 2. The van der Waals surface area contributed by atoms with Gasteiger partial charge in [0.05, 0.1) is 5.69 Å². The molecule has 0 saturated carbocycles. The van der Waals surface area contributed by atoms with Crippen LogP contribution < -0.4 is 5.73 Å². The molecule has 3 rings (SSSR count). The van der Waals surface area contributed by atoms with Gasteiger partial charge in [0.1, 0.15) is 5.01 Å². The maximum atomic E-state index is 5.89. The summed E-state index contributed by atoms with van der Waals surface area (Å²) in [6, 6.07) is 12.4. The zero-order valence-corrected chi connectivity index (χ0v) is 14.2. The molecule has 0 bridgehead atoms. The molecule has 1 heterocycles. The van der Waals surface area contributed by atoms with Gasteiger partial charge in [-0.1, -0.05) is 18.2 Å². The summed E-state index contributed by atoms with van der Waals surface area (Å²) in [7, 11) is 0. The molecule has 0 aliphatic rings. The van der Waals surface area contributed by atoms with Gasteiger partial charge in [-0.3, -0.25) is 0 Å². The van der Waals surface area contributed by atoms with Gasteiger partial charge >= 0.3 is 0 Å². The molecular weight excluding hydrogens is 288 g/mol. The molecule has 0 saturated heterocycles. The summed E-state index contributed by atoms with van der Waals surface area (Å²) in [5.74, 6) is 0. The van der Waals surface area contributed by atoms with E-state index in [-0.39, 0.29) is 0 Å². The molecule has 0 unspecified atom stereocenters. The number of aryl methyl sites for hydroxylation is 4. The minimum atomic E-state index is 0.772. The van der Waals surface area contributed by atoms with Crippen LogP contribution in [0.1, 0.15) is 21.6 Å². The average Bonchev–Trinajstić information content (AvgIpc) is 2.85. The van der Waals surface area contributed by atoms with Gasteiger partial charge in [-0.2, -0.15) is 0 Å². The number of hydrogen-bond donors (Lipinski definition) is 1. The zero-order chi connectivity index (χ0) is 15.9. The van der Waals surface area contributed by atoms with E-state index in [2.05, 4.69) is 45.9 Å². The molecule has 0 aliphatic carbocycles. The second-order valence-corrected chi connectivity index (χ2v) is 7.00. The molecular formula is C19H20N2S. The van der Waals surface area contributed by atoms with E-state index in [0.717, 1.165) is 22.0 Å². The summed E-state index contributed by atoms with van der Waals surface area (Å²) >= 11 is 1.72. The Balaban J connectivity index is 2.12. The number of nitrogen functional groups attached to an aromatic ring is 1. The molecule has 0 amide bonds. The van der Waals surface area contributed by atoms with Crippen molar-refractivity contribution in [3.63, 3.8) is 0 Å². The van der Waals surface area contributed by atoms with Gasteiger partial charge in [0.2, 0.25) is 0 Å². The van der Waals surface area contributed by atoms with Crippen molar-refractivity contribution in [2.45, 2.75) is 27.7 Å². The van der Waals surface area contributed by atoms with Gasteiger partial charge in [0.15, 0.2) is 0 Å². The van der Waals surface area contributed by atoms with E-state index in [4.69, 9.17) is 10.7 Å². The van der Waals surface area contributed by atoms with Crippen molar-refractivity contribution in [3.8, 4) is 21.8 Å². The van der Waals surface area contributed by atoms with E-state index in [1.54, 1.807) is 11.3 Å². The van der Waals surface area contributed by atoms with E-state index in [1.807, 2.05) is 18.2 Å². The standard InChI is InChI=1S/C19H20N2S/c1-11-8-13(3)17(9-12(11)2)18-14(4)22-19(21-18)15-6-5-7-16(20)10-15/h5-10H,20H2,1-4H3. The van der Waals surface area contributed by atoms with E-state index in [0.29, 0.717) is 0 Å². The Labute approximate surface area is 135 Å². The van der Waals surface area contributed by atoms with Gasteiger partial charge in [0.25, 0.3) is 0 Å². The highest BCUT2D eigenvalue weighted by molar-refractivity contribution is 7.15. The monoisotopic (exact) mass is 308 g/mol.